The predicted octanol–water partition coefficient (Wildman–Crippen LogP) is 5.01. The summed E-state index contributed by atoms with van der Waals surface area (Å²) in [5.74, 6) is 1.32. The molecule has 1 aliphatic rings. The lowest BCUT2D eigenvalue weighted by Gasteiger charge is -2.17. The lowest BCUT2D eigenvalue weighted by atomic mass is 9.89. The molecule has 124 valence electrons. The van der Waals surface area contributed by atoms with Gasteiger partial charge in [-0.05, 0) is 48.4 Å². The average Bonchev–Trinajstić information content (AvgIpc) is 2.87. The maximum atomic E-state index is 12.6. The summed E-state index contributed by atoms with van der Waals surface area (Å²) in [6.07, 6.45) is 3.65. The molecule has 2 aromatic heterocycles. The molecule has 3 nitrogen and oxygen atoms in total. The van der Waals surface area contributed by atoms with Crippen LogP contribution in [0.2, 0.25) is 10.0 Å². The highest BCUT2D eigenvalue weighted by Gasteiger charge is 2.23. The van der Waals surface area contributed by atoms with Crippen LogP contribution in [0.5, 0.6) is 0 Å². The summed E-state index contributed by atoms with van der Waals surface area (Å²) in [4.78, 5) is 22.4. The first-order valence-electron chi connectivity index (χ1n) is 7.98. The fraction of sp³-hybridized carbons (Fsp3) is 0.333. The molecule has 0 amide bonds. The third-order valence-corrected chi connectivity index (χ3v) is 6.32. The van der Waals surface area contributed by atoms with Crippen molar-refractivity contribution in [1.29, 1.82) is 0 Å². The van der Waals surface area contributed by atoms with Gasteiger partial charge in [-0.15, -0.1) is 11.3 Å². The molecule has 1 N–H and O–H groups in total. The third kappa shape index (κ3) is 2.87. The molecule has 1 atom stereocenters. The minimum atomic E-state index is -0.0351. The molecule has 0 fully saturated rings. The SMILES string of the molecule is CC1CCc2c(sc3nc(Cc4ccc(Cl)cc4Cl)[nH]c(=O)c23)C1. The van der Waals surface area contributed by atoms with E-state index in [4.69, 9.17) is 28.2 Å². The van der Waals surface area contributed by atoms with Gasteiger partial charge < -0.3 is 4.98 Å². The van der Waals surface area contributed by atoms with Gasteiger partial charge >= 0.3 is 0 Å². The molecule has 0 aliphatic heterocycles. The van der Waals surface area contributed by atoms with Gasteiger partial charge in [-0.2, -0.15) is 0 Å². The van der Waals surface area contributed by atoms with Crippen molar-refractivity contribution in [2.75, 3.05) is 0 Å². The second-order valence-electron chi connectivity index (χ2n) is 6.46. The summed E-state index contributed by atoms with van der Waals surface area (Å²) >= 11 is 13.8. The van der Waals surface area contributed by atoms with Crippen molar-refractivity contribution in [3.05, 3.63) is 60.4 Å². The third-order valence-electron chi connectivity index (χ3n) is 4.59. The number of H-pyrrole nitrogens is 1. The van der Waals surface area contributed by atoms with Crippen LogP contribution < -0.4 is 5.56 Å². The number of hydrogen-bond donors (Lipinski definition) is 1. The quantitative estimate of drug-likeness (QED) is 0.681. The van der Waals surface area contributed by atoms with E-state index in [1.807, 2.05) is 6.07 Å². The zero-order chi connectivity index (χ0) is 16.8. The Morgan fingerprint density at radius 2 is 2.21 bits per heavy atom. The minimum absolute atomic E-state index is 0.0351. The van der Waals surface area contributed by atoms with E-state index in [-0.39, 0.29) is 5.56 Å². The molecule has 1 aromatic carbocycles. The number of rotatable bonds is 2. The maximum Gasteiger partial charge on any atom is 0.259 e. The minimum Gasteiger partial charge on any atom is -0.310 e. The van der Waals surface area contributed by atoms with Crippen molar-refractivity contribution in [3.8, 4) is 0 Å². The fourth-order valence-corrected chi connectivity index (χ4v) is 5.20. The second kappa shape index (κ2) is 6.17. The van der Waals surface area contributed by atoms with Crippen molar-refractivity contribution < 1.29 is 0 Å². The first-order valence-corrected chi connectivity index (χ1v) is 9.56. The number of nitrogens with zero attached hydrogens (tertiary/aromatic N) is 1. The number of thiophene rings is 1. The van der Waals surface area contributed by atoms with Gasteiger partial charge in [0.2, 0.25) is 0 Å². The number of benzene rings is 1. The molecule has 0 saturated heterocycles. The van der Waals surface area contributed by atoms with Gasteiger partial charge in [0.1, 0.15) is 10.7 Å². The van der Waals surface area contributed by atoms with Gasteiger partial charge in [0.15, 0.2) is 0 Å². The van der Waals surface area contributed by atoms with Gasteiger partial charge in [-0.25, -0.2) is 4.98 Å². The average molecular weight is 379 g/mol. The van der Waals surface area contributed by atoms with E-state index in [1.54, 1.807) is 23.5 Å². The van der Waals surface area contributed by atoms with Gasteiger partial charge in [0.25, 0.3) is 5.56 Å². The van der Waals surface area contributed by atoms with Crippen molar-refractivity contribution in [2.45, 2.75) is 32.6 Å². The van der Waals surface area contributed by atoms with Crippen molar-refractivity contribution in [1.82, 2.24) is 9.97 Å². The van der Waals surface area contributed by atoms with Crippen molar-refractivity contribution in [2.24, 2.45) is 5.92 Å². The smallest absolute Gasteiger partial charge is 0.259 e. The Bertz CT molecular complexity index is 993. The number of halogens is 2. The molecule has 3 aromatic rings. The Labute approximate surface area is 153 Å². The second-order valence-corrected chi connectivity index (χ2v) is 8.38. The fourth-order valence-electron chi connectivity index (χ4n) is 3.32. The summed E-state index contributed by atoms with van der Waals surface area (Å²) in [6.45, 7) is 2.26. The number of aryl methyl sites for hydroxylation is 1. The van der Waals surface area contributed by atoms with Gasteiger partial charge in [-0.1, -0.05) is 36.2 Å². The molecule has 2 heterocycles. The number of hydrogen-bond acceptors (Lipinski definition) is 3. The normalized spacial score (nSPS) is 17.2. The number of nitrogens with one attached hydrogen (secondary N) is 1. The topological polar surface area (TPSA) is 45.8 Å². The number of aromatic amines is 1. The molecule has 1 unspecified atom stereocenters. The summed E-state index contributed by atoms with van der Waals surface area (Å²) in [7, 11) is 0. The van der Waals surface area contributed by atoms with E-state index in [0.29, 0.717) is 28.2 Å². The van der Waals surface area contributed by atoms with E-state index in [2.05, 4.69) is 11.9 Å². The van der Waals surface area contributed by atoms with E-state index in [1.165, 1.54) is 10.4 Å². The zero-order valence-corrected chi connectivity index (χ0v) is 15.5. The molecule has 0 radical (unpaired) electrons. The Morgan fingerprint density at radius 3 is 3.00 bits per heavy atom. The Kier molecular flexibility index (Phi) is 4.15. The Hall–Kier alpha value is -1.36. The first kappa shape index (κ1) is 16.1. The molecule has 6 heteroatoms. The molecule has 24 heavy (non-hydrogen) atoms. The van der Waals surface area contributed by atoms with E-state index >= 15 is 0 Å². The molecule has 0 bridgehead atoms. The van der Waals surface area contributed by atoms with Crippen molar-refractivity contribution in [3.63, 3.8) is 0 Å². The summed E-state index contributed by atoms with van der Waals surface area (Å²) in [6, 6.07) is 5.38. The van der Waals surface area contributed by atoms with Crippen LogP contribution in [0.1, 0.15) is 35.2 Å². The molecular formula is C18H16Cl2N2OS. The number of aromatic nitrogens is 2. The zero-order valence-electron chi connectivity index (χ0n) is 13.2. The highest BCUT2D eigenvalue weighted by molar-refractivity contribution is 7.18. The van der Waals surface area contributed by atoms with Crippen LogP contribution in [-0.2, 0) is 19.3 Å². The van der Waals surface area contributed by atoms with Crippen LogP contribution >= 0.6 is 34.5 Å². The monoisotopic (exact) mass is 378 g/mol. The molecular weight excluding hydrogens is 363 g/mol. The summed E-state index contributed by atoms with van der Waals surface area (Å²) in [5.41, 5.74) is 2.07. The highest BCUT2D eigenvalue weighted by Crippen LogP contribution is 2.35. The van der Waals surface area contributed by atoms with Crippen LogP contribution in [0, 0.1) is 5.92 Å². The molecule has 0 spiro atoms. The van der Waals surface area contributed by atoms with Crippen molar-refractivity contribution >= 4 is 44.8 Å². The molecule has 1 aliphatic carbocycles. The first-order chi connectivity index (χ1) is 11.5. The molecule has 4 rings (SSSR count). The standard InChI is InChI=1S/C18H16Cl2N2OS/c1-9-2-5-12-14(6-9)24-18-16(12)17(23)21-15(22-18)7-10-3-4-11(19)8-13(10)20/h3-4,8-9H,2,5-7H2,1H3,(H,21,22,23). The van der Waals surface area contributed by atoms with E-state index in [9.17, 15) is 4.79 Å². The lowest BCUT2D eigenvalue weighted by Crippen LogP contribution is -2.15. The Balaban J connectivity index is 1.77. The van der Waals surface area contributed by atoms with Crippen LogP contribution in [-0.4, -0.2) is 9.97 Å². The van der Waals surface area contributed by atoms with Crippen LogP contribution in [0.4, 0.5) is 0 Å². The molecule has 0 saturated carbocycles. The predicted molar refractivity (Wildman–Crippen MR) is 101 cm³/mol. The van der Waals surface area contributed by atoms with Gasteiger partial charge in [0.05, 0.1) is 5.39 Å². The lowest BCUT2D eigenvalue weighted by molar-refractivity contribution is 0.509. The maximum absolute atomic E-state index is 12.6. The summed E-state index contributed by atoms with van der Waals surface area (Å²) < 4.78 is 0. The van der Waals surface area contributed by atoms with Crippen LogP contribution in [0.25, 0.3) is 10.2 Å². The summed E-state index contributed by atoms with van der Waals surface area (Å²) in [5, 5.41) is 1.97. The van der Waals surface area contributed by atoms with Gasteiger partial charge in [-0.3, -0.25) is 4.79 Å². The van der Waals surface area contributed by atoms with Crippen LogP contribution in [0.15, 0.2) is 23.0 Å². The Morgan fingerprint density at radius 1 is 1.38 bits per heavy atom. The van der Waals surface area contributed by atoms with Gasteiger partial charge in [0, 0.05) is 21.3 Å². The number of fused-ring (bicyclic) bond motifs is 3. The highest BCUT2D eigenvalue weighted by atomic mass is 35.5. The van der Waals surface area contributed by atoms with E-state index < -0.39 is 0 Å². The largest absolute Gasteiger partial charge is 0.310 e. The van der Waals surface area contributed by atoms with Crippen LogP contribution in [0.3, 0.4) is 0 Å². The van der Waals surface area contributed by atoms with E-state index in [0.717, 1.165) is 35.0 Å².